The Morgan fingerprint density at radius 3 is 2.18 bits per heavy atom. The third-order valence-electron chi connectivity index (χ3n) is 6.21. The molecule has 0 aliphatic carbocycles. The number of unbranched alkanes of at least 4 members (excludes halogenated alkanes) is 1. The molecule has 0 spiro atoms. The van der Waals surface area contributed by atoms with E-state index in [1.165, 1.54) is 17.0 Å². The smallest absolute Gasteiger partial charge is 0.264 e. The van der Waals surface area contributed by atoms with Crippen LogP contribution in [0.5, 0.6) is 0 Å². The van der Waals surface area contributed by atoms with Gasteiger partial charge in [0.25, 0.3) is 10.0 Å². The monoisotopic (exact) mass is 681 g/mol. The van der Waals surface area contributed by atoms with E-state index in [-0.39, 0.29) is 17.3 Å². The second-order valence-corrected chi connectivity index (χ2v) is 12.6. The van der Waals surface area contributed by atoms with E-state index >= 15 is 0 Å². The van der Waals surface area contributed by atoms with Gasteiger partial charge in [-0.05, 0) is 89.5 Å². The Hall–Kier alpha value is -2.63. The van der Waals surface area contributed by atoms with Crippen molar-refractivity contribution in [3.63, 3.8) is 0 Å². The number of hydrogen-bond acceptors (Lipinski definition) is 4. The number of sulfonamides is 1. The van der Waals surface area contributed by atoms with Crippen LogP contribution in [0.3, 0.4) is 0 Å². The van der Waals surface area contributed by atoms with Crippen LogP contribution in [0.2, 0.25) is 5.02 Å². The summed E-state index contributed by atoms with van der Waals surface area (Å²) in [7, 11) is -4.08. The van der Waals surface area contributed by atoms with E-state index in [2.05, 4.69) is 27.9 Å². The first-order valence-electron chi connectivity index (χ1n) is 12.8. The maximum absolute atomic E-state index is 14.0. The molecule has 0 radical (unpaired) electrons. The second-order valence-electron chi connectivity index (χ2n) is 9.02. The topological polar surface area (TPSA) is 86.8 Å². The van der Waals surface area contributed by atoms with Gasteiger partial charge in [0.05, 0.1) is 10.6 Å². The van der Waals surface area contributed by atoms with E-state index in [0.29, 0.717) is 23.7 Å². The van der Waals surface area contributed by atoms with Gasteiger partial charge in [-0.25, -0.2) is 8.42 Å². The largest absolute Gasteiger partial charge is 0.354 e. The summed E-state index contributed by atoms with van der Waals surface area (Å²) in [4.78, 5) is 28.7. The van der Waals surface area contributed by atoms with Crippen LogP contribution in [0.4, 0.5) is 5.69 Å². The van der Waals surface area contributed by atoms with Crippen molar-refractivity contribution in [2.24, 2.45) is 0 Å². The molecule has 0 aromatic heterocycles. The summed E-state index contributed by atoms with van der Waals surface area (Å²) < 4.78 is 29.6. The Morgan fingerprint density at radius 1 is 0.949 bits per heavy atom. The lowest BCUT2D eigenvalue weighted by molar-refractivity contribution is -0.140. The molecule has 0 bridgehead atoms. The molecular formula is C29H33ClIN3O4S. The number of carbonyl (C=O) groups is 2. The van der Waals surface area contributed by atoms with Gasteiger partial charge in [0.2, 0.25) is 11.8 Å². The molecule has 0 fully saturated rings. The van der Waals surface area contributed by atoms with Crippen molar-refractivity contribution >= 4 is 61.7 Å². The standard InChI is InChI=1S/C29H33ClIN3O4S/c1-3-5-19-32-29(36)27(4-2)33(20-22-11-13-23(30)14-12-22)28(35)21-34(25-17-15-24(31)16-18-25)39(37,38)26-9-7-6-8-10-26/h6-18,27H,3-5,19-21H2,1-2H3,(H,32,36). The molecule has 3 aromatic carbocycles. The molecule has 3 aromatic rings. The second kappa shape index (κ2) is 14.7. The summed E-state index contributed by atoms with van der Waals surface area (Å²) in [6.45, 7) is 4.04. The fraction of sp³-hybridized carbons (Fsp3) is 0.310. The number of anilines is 1. The molecule has 10 heteroatoms. The first kappa shape index (κ1) is 30.9. The Bertz CT molecular complexity index is 1340. The molecule has 0 aliphatic heterocycles. The summed E-state index contributed by atoms with van der Waals surface area (Å²) in [6, 6.07) is 21.2. The van der Waals surface area contributed by atoms with Gasteiger partial charge >= 0.3 is 0 Å². The number of rotatable bonds is 13. The van der Waals surface area contributed by atoms with Crippen molar-refractivity contribution < 1.29 is 18.0 Å². The van der Waals surface area contributed by atoms with E-state index in [1.807, 2.05) is 13.8 Å². The average Bonchev–Trinajstić information content (AvgIpc) is 2.93. The van der Waals surface area contributed by atoms with Crippen LogP contribution in [0.15, 0.2) is 83.8 Å². The van der Waals surface area contributed by atoms with Gasteiger partial charge in [-0.3, -0.25) is 13.9 Å². The Labute approximate surface area is 249 Å². The Morgan fingerprint density at radius 2 is 1.59 bits per heavy atom. The van der Waals surface area contributed by atoms with Crippen LogP contribution >= 0.6 is 34.2 Å². The number of amides is 2. The first-order chi connectivity index (χ1) is 18.7. The molecule has 1 unspecified atom stereocenters. The molecule has 0 heterocycles. The first-order valence-corrected chi connectivity index (χ1v) is 15.7. The molecule has 208 valence electrons. The minimum atomic E-state index is -4.08. The van der Waals surface area contributed by atoms with Gasteiger partial charge < -0.3 is 10.2 Å². The molecule has 1 atom stereocenters. The van der Waals surface area contributed by atoms with Crippen LogP contribution in [0, 0.1) is 3.57 Å². The van der Waals surface area contributed by atoms with Gasteiger partial charge in [0.1, 0.15) is 12.6 Å². The maximum atomic E-state index is 14.0. The number of benzene rings is 3. The Kier molecular flexibility index (Phi) is 11.6. The molecular weight excluding hydrogens is 649 g/mol. The number of nitrogens with one attached hydrogen (secondary N) is 1. The molecule has 0 saturated heterocycles. The van der Waals surface area contributed by atoms with E-state index in [0.717, 1.165) is 26.3 Å². The lowest BCUT2D eigenvalue weighted by atomic mass is 10.1. The number of halogens is 2. The summed E-state index contributed by atoms with van der Waals surface area (Å²) in [5.41, 5.74) is 1.14. The van der Waals surface area contributed by atoms with Crippen molar-refractivity contribution in [1.82, 2.24) is 10.2 Å². The molecule has 7 nitrogen and oxygen atoms in total. The minimum absolute atomic E-state index is 0.0740. The SMILES string of the molecule is CCCCNC(=O)C(CC)N(Cc1ccc(Cl)cc1)C(=O)CN(c1ccc(I)cc1)S(=O)(=O)c1ccccc1. The van der Waals surface area contributed by atoms with E-state index < -0.39 is 28.5 Å². The van der Waals surface area contributed by atoms with E-state index in [9.17, 15) is 18.0 Å². The lowest BCUT2D eigenvalue weighted by Gasteiger charge is -2.33. The minimum Gasteiger partial charge on any atom is -0.354 e. The predicted molar refractivity (Wildman–Crippen MR) is 164 cm³/mol. The van der Waals surface area contributed by atoms with Crippen molar-refractivity contribution in [2.45, 2.75) is 50.6 Å². The summed E-state index contributed by atoms with van der Waals surface area (Å²) in [5.74, 6) is -0.750. The zero-order valence-electron chi connectivity index (χ0n) is 22.0. The number of nitrogens with zero attached hydrogens (tertiary/aromatic N) is 2. The molecule has 1 N–H and O–H groups in total. The molecule has 2 amide bonds. The van der Waals surface area contributed by atoms with E-state index in [1.54, 1.807) is 66.7 Å². The molecule has 0 saturated carbocycles. The lowest BCUT2D eigenvalue weighted by Crippen LogP contribution is -2.52. The van der Waals surface area contributed by atoms with Crippen molar-refractivity contribution in [3.05, 3.63) is 93.0 Å². The van der Waals surface area contributed by atoms with Gasteiger partial charge in [0, 0.05) is 21.7 Å². The van der Waals surface area contributed by atoms with E-state index in [4.69, 9.17) is 11.6 Å². The highest BCUT2D eigenvalue weighted by Crippen LogP contribution is 2.25. The normalized spacial score (nSPS) is 12.0. The highest BCUT2D eigenvalue weighted by Gasteiger charge is 2.33. The zero-order valence-corrected chi connectivity index (χ0v) is 25.7. The number of hydrogen-bond donors (Lipinski definition) is 1. The maximum Gasteiger partial charge on any atom is 0.264 e. The third-order valence-corrected chi connectivity index (χ3v) is 8.97. The van der Waals surface area contributed by atoms with Gasteiger partial charge in [0.15, 0.2) is 0 Å². The van der Waals surface area contributed by atoms with Crippen LogP contribution < -0.4 is 9.62 Å². The fourth-order valence-corrected chi connectivity index (χ4v) is 5.99. The third kappa shape index (κ3) is 8.43. The summed E-state index contributed by atoms with van der Waals surface area (Å²) >= 11 is 8.20. The van der Waals surface area contributed by atoms with Crippen LogP contribution in [-0.4, -0.2) is 44.3 Å². The molecule has 0 aliphatic rings. The van der Waals surface area contributed by atoms with Gasteiger partial charge in [-0.2, -0.15) is 0 Å². The Balaban J connectivity index is 2.01. The highest BCUT2D eigenvalue weighted by molar-refractivity contribution is 14.1. The average molecular weight is 682 g/mol. The highest BCUT2D eigenvalue weighted by atomic mass is 127. The van der Waals surface area contributed by atoms with Crippen LogP contribution in [0.25, 0.3) is 0 Å². The van der Waals surface area contributed by atoms with Crippen molar-refractivity contribution in [1.29, 1.82) is 0 Å². The van der Waals surface area contributed by atoms with Crippen molar-refractivity contribution in [2.75, 3.05) is 17.4 Å². The van der Waals surface area contributed by atoms with Crippen LogP contribution in [-0.2, 0) is 26.2 Å². The molecule has 3 rings (SSSR count). The zero-order chi connectivity index (χ0) is 28.4. The van der Waals surface area contributed by atoms with Crippen molar-refractivity contribution in [3.8, 4) is 0 Å². The fourth-order valence-electron chi connectivity index (χ4n) is 4.07. The van der Waals surface area contributed by atoms with Crippen LogP contribution in [0.1, 0.15) is 38.7 Å². The van der Waals surface area contributed by atoms with Gasteiger partial charge in [-0.15, -0.1) is 0 Å². The summed E-state index contributed by atoms with van der Waals surface area (Å²) in [5, 5.41) is 3.48. The quantitative estimate of drug-likeness (QED) is 0.181. The van der Waals surface area contributed by atoms with Gasteiger partial charge in [-0.1, -0.05) is 62.2 Å². The summed E-state index contributed by atoms with van der Waals surface area (Å²) in [6.07, 6.45) is 2.11. The molecule has 39 heavy (non-hydrogen) atoms. The number of carbonyl (C=O) groups excluding carboxylic acids is 2. The predicted octanol–water partition coefficient (Wildman–Crippen LogP) is 5.86.